The molecule has 2 aliphatic rings. The maximum atomic E-state index is 10.0. The number of ether oxygens (including phenoxy) is 3. The van der Waals surface area contributed by atoms with Gasteiger partial charge in [0.2, 0.25) is 0 Å². The van der Waals surface area contributed by atoms with Gasteiger partial charge in [0, 0.05) is 11.6 Å². The summed E-state index contributed by atoms with van der Waals surface area (Å²) in [6.45, 7) is 0.765. The molecule has 0 fully saturated rings. The highest BCUT2D eigenvalue weighted by Gasteiger charge is 2.31. The number of hydrogen-bond acceptors (Lipinski definition) is 4. The van der Waals surface area contributed by atoms with Crippen molar-refractivity contribution in [2.75, 3.05) is 21.3 Å². The summed E-state index contributed by atoms with van der Waals surface area (Å²) in [6, 6.07) is 7.62. The zero-order valence-corrected chi connectivity index (χ0v) is 14.4. The minimum atomic E-state index is 0.151. The maximum absolute atomic E-state index is 10.0. The summed E-state index contributed by atoms with van der Waals surface area (Å²) in [5, 5.41) is 10.0. The van der Waals surface area contributed by atoms with Crippen LogP contribution in [-0.4, -0.2) is 26.4 Å². The van der Waals surface area contributed by atoms with Crippen LogP contribution in [0, 0.1) is 0 Å². The number of phenolic OH excluding ortho intramolecular Hbond substituents is 1. The van der Waals surface area contributed by atoms with Crippen molar-refractivity contribution >= 4 is 17.8 Å². The number of benzene rings is 2. The lowest BCUT2D eigenvalue weighted by molar-refractivity contribution is -0.783. The van der Waals surface area contributed by atoms with Gasteiger partial charge in [-0.05, 0) is 35.4 Å². The minimum Gasteiger partial charge on any atom is -0.504 e. The average molecular weight is 338 g/mol. The standard InChI is InChI=1S/C20H19NO4/c1-23-18-5-4-12-8-16-14-10-19(24-2)17(22)9-13(14)6-7-21(16)11-15(12)20(18)25-3/h4-10,22H,11H2,1-3H3/p+1. The number of nitrogens with one attached hydrogen (secondary N) is 1. The fourth-order valence-corrected chi connectivity index (χ4v) is 3.57. The molecule has 0 amide bonds. The first-order chi connectivity index (χ1) is 12.2. The first-order valence-corrected chi connectivity index (χ1v) is 8.07. The van der Waals surface area contributed by atoms with Crippen LogP contribution >= 0.6 is 0 Å². The predicted molar refractivity (Wildman–Crippen MR) is 95.8 cm³/mol. The number of quaternary nitrogens is 1. The summed E-state index contributed by atoms with van der Waals surface area (Å²) < 4.78 is 16.3. The van der Waals surface area contributed by atoms with Gasteiger partial charge in [0.25, 0.3) is 0 Å². The van der Waals surface area contributed by atoms with Gasteiger partial charge in [0.1, 0.15) is 18.4 Å². The van der Waals surface area contributed by atoms with E-state index in [1.807, 2.05) is 18.2 Å². The minimum absolute atomic E-state index is 0.151. The summed E-state index contributed by atoms with van der Waals surface area (Å²) in [6.07, 6.45) is 6.29. The van der Waals surface area contributed by atoms with Crippen LogP contribution in [0.4, 0.5) is 0 Å². The average Bonchev–Trinajstić information content (AvgIpc) is 2.64. The molecule has 0 spiro atoms. The summed E-state index contributed by atoms with van der Waals surface area (Å²) in [5.41, 5.74) is 5.43. The van der Waals surface area contributed by atoms with Crippen LogP contribution in [0.1, 0.15) is 22.3 Å². The number of methoxy groups -OCH3 is 3. The molecule has 2 heterocycles. The zero-order chi connectivity index (χ0) is 17.6. The van der Waals surface area contributed by atoms with Crippen LogP contribution in [0.25, 0.3) is 17.8 Å². The molecule has 0 radical (unpaired) electrons. The van der Waals surface area contributed by atoms with Crippen LogP contribution in [0.15, 0.2) is 30.5 Å². The molecule has 0 saturated carbocycles. The molecule has 2 aromatic carbocycles. The van der Waals surface area contributed by atoms with E-state index in [1.54, 1.807) is 27.4 Å². The Morgan fingerprint density at radius 2 is 1.76 bits per heavy atom. The predicted octanol–water partition coefficient (Wildman–Crippen LogP) is 2.30. The second-order valence-corrected chi connectivity index (χ2v) is 6.07. The first kappa shape index (κ1) is 15.6. The van der Waals surface area contributed by atoms with Gasteiger partial charge in [-0.1, -0.05) is 6.07 Å². The number of hydrogen-bond donors (Lipinski definition) is 2. The van der Waals surface area contributed by atoms with Crippen molar-refractivity contribution < 1.29 is 24.2 Å². The van der Waals surface area contributed by atoms with Crippen molar-refractivity contribution in [2.45, 2.75) is 6.54 Å². The van der Waals surface area contributed by atoms with Crippen molar-refractivity contribution in [3.8, 4) is 23.0 Å². The monoisotopic (exact) mass is 338 g/mol. The molecule has 0 bridgehead atoms. The number of rotatable bonds is 3. The van der Waals surface area contributed by atoms with Gasteiger partial charge in [0.15, 0.2) is 23.0 Å². The van der Waals surface area contributed by atoms with Gasteiger partial charge >= 0.3 is 0 Å². The fraction of sp³-hybridized carbons (Fsp3) is 0.200. The molecule has 128 valence electrons. The Morgan fingerprint density at radius 1 is 0.960 bits per heavy atom. The highest BCUT2D eigenvalue weighted by molar-refractivity contribution is 5.86. The van der Waals surface area contributed by atoms with E-state index < -0.39 is 0 Å². The number of fused-ring (bicyclic) bond motifs is 4. The second-order valence-electron chi connectivity index (χ2n) is 6.07. The van der Waals surface area contributed by atoms with E-state index in [0.29, 0.717) is 5.75 Å². The van der Waals surface area contributed by atoms with E-state index in [1.165, 1.54) is 4.90 Å². The SMILES string of the molecule is COc1cc2c(cc1O)C=C[NH+]1Cc3c(ccc(OC)c3OC)C=C21. The van der Waals surface area contributed by atoms with E-state index in [-0.39, 0.29) is 5.75 Å². The van der Waals surface area contributed by atoms with Crippen molar-refractivity contribution in [2.24, 2.45) is 0 Å². The highest BCUT2D eigenvalue weighted by atomic mass is 16.5. The van der Waals surface area contributed by atoms with E-state index in [4.69, 9.17) is 14.2 Å². The van der Waals surface area contributed by atoms with Gasteiger partial charge in [-0.15, -0.1) is 0 Å². The van der Waals surface area contributed by atoms with Crippen LogP contribution in [0.2, 0.25) is 0 Å². The third-order valence-electron chi connectivity index (χ3n) is 4.80. The summed E-state index contributed by atoms with van der Waals surface area (Å²) >= 11 is 0. The van der Waals surface area contributed by atoms with Gasteiger partial charge in [0.05, 0.1) is 26.9 Å². The van der Waals surface area contributed by atoms with Crippen molar-refractivity contribution in [1.82, 2.24) is 0 Å². The molecule has 5 heteroatoms. The highest BCUT2D eigenvalue weighted by Crippen LogP contribution is 2.39. The quantitative estimate of drug-likeness (QED) is 0.902. The van der Waals surface area contributed by atoms with Crippen LogP contribution in [-0.2, 0) is 6.54 Å². The topological polar surface area (TPSA) is 52.4 Å². The van der Waals surface area contributed by atoms with Crippen molar-refractivity contribution in [1.29, 1.82) is 0 Å². The summed E-state index contributed by atoms with van der Waals surface area (Å²) in [4.78, 5) is 1.21. The zero-order valence-electron chi connectivity index (χ0n) is 14.4. The Labute approximate surface area is 146 Å². The Kier molecular flexibility index (Phi) is 3.66. The van der Waals surface area contributed by atoms with Crippen molar-refractivity contribution in [3.05, 3.63) is 52.7 Å². The van der Waals surface area contributed by atoms with E-state index >= 15 is 0 Å². The third-order valence-corrected chi connectivity index (χ3v) is 4.80. The molecule has 5 nitrogen and oxygen atoms in total. The van der Waals surface area contributed by atoms with Crippen LogP contribution in [0.3, 0.4) is 0 Å². The smallest absolute Gasteiger partial charge is 0.170 e. The van der Waals surface area contributed by atoms with Crippen LogP contribution < -0.4 is 19.1 Å². The van der Waals surface area contributed by atoms with Gasteiger partial charge in [-0.2, -0.15) is 0 Å². The Bertz CT molecular complexity index is 914. The normalized spacial score (nSPS) is 17.1. The van der Waals surface area contributed by atoms with E-state index in [9.17, 15) is 5.11 Å². The van der Waals surface area contributed by atoms with E-state index in [2.05, 4.69) is 18.3 Å². The first-order valence-electron chi connectivity index (χ1n) is 8.07. The molecule has 2 aliphatic heterocycles. The number of aromatic hydroxyl groups is 1. The van der Waals surface area contributed by atoms with Crippen molar-refractivity contribution in [3.63, 3.8) is 0 Å². The lowest BCUT2D eigenvalue weighted by atomic mass is 9.92. The Balaban J connectivity index is 1.89. The number of phenols is 1. The van der Waals surface area contributed by atoms with Gasteiger partial charge in [-0.25, -0.2) is 0 Å². The van der Waals surface area contributed by atoms with Gasteiger partial charge in [-0.3, -0.25) is 4.90 Å². The molecular weight excluding hydrogens is 318 g/mol. The molecule has 25 heavy (non-hydrogen) atoms. The molecule has 4 rings (SSSR count). The van der Waals surface area contributed by atoms with Gasteiger partial charge < -0.3 is 19.3 Å². The Morgan fingerprint density at radius 3 is 2.48 bits per heavy atom. The lowest BCUT2D eigenvalue weighted by Crippen LogP contribution is -3.04. The molecule has 1 unspecified atom stereocenters. The van der Waals surface area contributed by atoms with E-state index in [0.717, 1.165) is 46.0 Å². The fourth-order valence-electron chi connectivity index (χ4n) is 3.57. The molecule has 2 N–H and O–H groups in total. The largest absolute Gasteiger partial charge is 0.504 e. The molecule has 0 aliphatic carbocycles. The van der Waals surface area contributed by atoms with Crippen LogP contribution in [0.5, 0.6) is 23.0 Å². The molecule has 1 atom stereocenters. The summed E-state index contributed by atoms with van der Waals surface area (Å²) in [5.74, 6) is 2.15. The second kappa shape index (κ2) is 5.86. The molecule has 0 saturated heterocycles. The molecular formula is C20H20NO4+. The maximum Gasteiger partial charge on any atom is 0.170 e. The molecule has 0 aromatic heterocycles. The Hall–Kier alpha value is -2.92. The third kappa shape index (κ3) is 2.36. The molecule has 2 aromatic rings. The summed E-state index contributed by atoms with van der Waals surface area (Å²) in [7, 11) is 4.88. The lowest BCUT2D eigenvalue weighted by Gasteiger charge is -2.28.